The number of allylic oxidation sites excluding steroid dienone is 4. The Labute approximate surface area is 149 Å². The summed E-state index contributed by atoms with van der Waals surface area (Å²) < 4.78 is 1.56. The van der Waals surface area contributed by atoms with Gasteiger partial charge in [0.2, 0.25) is 0 Å². The third-order valence-corrected chi connectivity index (χ3v) is 2.88. The van der Waals surface area contributed by atoms with Crippen molar-refractivity contribution in [2.75, 3.05) is 0 Å². The molecule has 22 heavy (non-hydrogen) atoms. The molecular weight excluding hydrogens is 312 g/mol. The monoisotopic (exact) mass is 346 g/mol. The molecule has 0 N–H and O–H groups in total. The van der Waals surface area contributed by atoms with E-state index in [9.17, 15) is 15.3 Å². The Kier molecular flexibility index (Phi) is 21.3. The van der Waals surface area contributed by atoms with Crippen molar-refractivity contribution in [3.8, 4) is 0 Å². The van der Waals surface area contributed by atoms with E-state index >= 15 is 0 Å². The third-order valence-electron chi connectivity index (χ3n) is 2.11. The Bertz CT molecular complexity index is 272. The molecule has 3 nitrogen and oxygen atoms in total. The normalized spacial score (nSPS) is 14.2. The number of hydrogen-bond donors (Lipinski definition) is 0. The number of hydrogen-bond acceptors (Lipinski definition) is 3. The van der Waals surface area contributed by atoms with E-state index in [1.54, 1.807) is 51.0 Å². The van der Waals surface area contributed by atoms with E-state index in [1.165, 1.54) is 12.8 Å². The zero-order valence-electron chi connectivity index (χ0n) is 15.6. The maximum atomic E-state index is 9.53. The molecule has 1 aliphatic carbocycles. The molecule has 0 aromatic carbocycles. The van der Waals surface area contributed by atoms with E-state index < -0.39 is 18.3 Å². The second-order valence-corrected chi connectivity index (χ2v) is 6.94. The van der Waals surface area contributed by atoms with E-state index in [0.29, 0.717) is 0 Å². The Morgan fingerprint density at radius 2 is 1.23 bits per heavy atom. The molecule has 0 spiro atoms. The quantitative estimate of drug-likeness (QED) is 0.719. The van der Waals surface area contributed by atoms with Crippen LogP contribution in [0.15, 0.2) is 21.6 Å². The van der Waals surface area contributed by atoms with E-state index in [1.807, 2.05) is 0 Å². The van der Waals surface area contributed by atoms with Crippen molar-refractivity contribution in [1.29, 1.82) is 0 Å². The van der Waals surface area contributed by atoms with E-state index in [-0.39, 0.29) is 0 Å². The van der Waals surface area contributed by atoms with Gasteiger partial charge in [0.1, 0.15) is 0 Å². The molecule has 1 unspecified atom stereocenters. The summed E-state index contributed by atoms with van der Waals surface area (Å²) in [5.41, 5.74) is 1.57. The summed E-state index contributed by atoms with van der Waals surface area (Å²) in [6.07, 6.45) is 5.73. The van der Waals surface area contributed by atoms with Gasteiger partial charge in [0.25, 0.3) is 0 Å². The Morgan fingerprint density at radius 1 is 0.909 bits per heavy atom. The second-order valence-electron chi connectivity index (χ2n) is 6.00. The van der Waals surface area contributed by atoms with Crippen LogP contribution in [0.25, 0.3) is 0 Å². The van der Waals surface area contributed by atoms with Gasteiger partial charge in [0.15, 0.2) is 0 Å². The van der Waals surface area contributed by atoms with Crippen LogP contribution in [0.2, 0.25) is 0 Å². The summed E-state index contributed by atoms with van der Waals surface area (Å²) >= 11 is 2.24. The van der Waals surface area contributed by atoms with Crippen molar-refractivity contribution in [2.45, 2.75) is 86.5 Å². The van der Waals surface area contributed by atoms with E-state index in [4.69, 9.17) is 0 Å². The SMILES string of the molecule is CC(C)[O-].CC(C)[O-].CC(C)[O-].CCC(C)C1=[C]([Ti+3])CC=C1. The van der Waals surface area contributed by atoms with Crippen LogP contribution < -0.4 is 15.3 Å². The van der Waals surface area contributed by atoms with Crippen LogP contribution in [0, 0.1) is 5.92 Å². The summed E-state index contributed by atoms with van der Waals surface area (Å²) in [7, 11) is 0. The van der Waals surface area contributed by atoms with Crippen molar-refractivity contribution in [3.05, 3.63) is 21.6 Å². The van der Waals surface area contributed by atoms with Crippen molar-refractivity contribution >= 4 is 0 Å². The average Bonchev–Trinajstić information content (AvgIpc) is 2.72. The molecule has 1 atom stereocenters. The first kappa shape index (κ1) is 26.9. The first-order valence-electron chi connectivity index (χ1n) is 8.04. The van der Waals surface area contributed by atoms with E-state index in [2.05, 4.69) is 46.4 Å². The first-order chi connectivity index (χ1) is 9.95. The van der Waals surface area contributed by atoms with Gasteiger partial charge < -0.3 is 15.3 Å². The first-order valence-corrected chi connectivity index (χ1v) is 8.82. The minimum atomic E-state index is -0.417. The molecule has 0 aromatic rings. The second kappa shape index (κ2) is 17.4. The van der Waals surface area contributed by atoms with Gasteiger partial charge in [-0.05, 0) is 0 Å². The molecule has 0 saturated heterocycles. The van der Waals surface area contributed by atoms with Crippen molar-refractivity contribution in [3.63, 3.8) is 0 Å². The summed E-state index contributed by atoms with van der Waals surface area (Å²) in [5, 5.41) is 28.6. The minimum absolute atomic E-state index is 0.417. The molecule has 0 aliphatic heterocycles. The van der Waals surface area contributed by atoms with Gasteiger partial charge in [-0.15, -0.1) is 18.3 Å². The predicted octanol–water partition coefficient (Wildman–Crippen LogP) is 2.06. The van der Waals surface area contributed by atoms with Crippen molar-refractivity contribution in [1.82, 2.24) is 0 Å². The summed E-state index contributed by atoms with van der Waals surface area (Å²) in [6, 6.07) is 0. The van der Waals surface area contributed by atoms with Crippen LogP contribution in [0.5, 0.6) is 0 Å². The van der Waals surface area contributed by atoms with Crippen LogP contribution in [0.1, 0.15) is 68.2 Å². The fraction of sp³-hybridized carbons (Fsp3) is 0.778. The van der Waals surface area contributed by atoms with Crippen LogP contribution in [0.3, 0.4) is 0 Å². The summed E-state index contributed by atoms with van der Waals surface area (Å²) in [4.78, 5) is 0. The van der Waals surface area contributed by atoms with Gasteiger partial charge in [0.05, 0.1) is 0 Å². The average molecular weight is 346 g/mol. The topological polar surface area (TPSA) is 69.2 Å². The number of rotatable bonds is 2. The summed E-state index contributed by atoms with van der Waals surface area (Å²) in [5.74, 6) is 0.763. The third kappa shape index (κ3) is 28.3. The molecule has 4 heteroatoms. The van der Waals surface area contributed by atoms with Crippen LogP contribution in [0.4, 0.5) is 0 Å². The van der Waals surface area contributed by atoms with Crippen molar-refractivity contribution in [2.24, 2.45) is 5.92 Å². The van der Waals surface area contributed by atoms with Crippen LogP contribution in [-0.4, -0.2) is 18.3 Å². The van der Waals surface area contributed by atoms with Gasteiger partial charge in [-0.2, -0.15) is 0 Å². The molecule has 0 bridgehead atoms. The van der Waals surface area contributed by atoms with Gasteiger partial charge in [0, 0.05) is 0 Å². The van der Waals surface area contributed by atoms with Crippen LogP contribution in [-0.2, 0) is 20.4 Å². The molecule has 128 valence electrons. The Balaban J connectivity index is -0.000000253. The van der Waals surface area contributed by atoms with Gasteiger partial charge in [-0.3, -0.25) is 0 Å². The molecule has 0 heterocycles. The Hall–Kier alpha value is 0.0743. The molecule has 0 amide bonds. The fourth-order valence-electron chi connectivity index (χ4n) is 1.20. The van der Waals surface area contributed by atoms with Gasteiger partial charge in [-0.1, -0.05) is 41.5 Å². The molecule has 1 rings (SSSR count). The van der Waals surface area contributed by atoms with Crippen LogP contribution >= 0.6 is 0 Å². The molecule has 0 aromatic heterocycles. The van der Waals surface area contributed by atoms with Gasteiger partial charge in [-0.25, -0.2) is 0 Å². The zero-order valence-corrected chi connectivity index (χ0v) is 17.2. The Morgan fingerprint density at radius 3 is 1.41 bits per heavy atom. The fourth-order valence-corrected chi connectivity index (χ4v) is 1.90. The molecule has 0 fully saturated rings. The molecule has 0 saturated carbocycles. The maximum absolute atomic E-state index is 9.53. The molecule has 0 radical (unpaired) electrons. The molecular formula is C18H34O3Ti. The van der Waals surface area contributed by atoms with Gasteiger partial charge >= 0.3 is 74.6 Å². The standard InChI is InChI=1S/C9H13.3C3H7O.Ti/c1-3-8(2)9-6-4-5-7-9;3*1-3(2)4;/h4,6,8H,3,5H2,1-2H3;3*3H,1-2H3;/q;3*-1;+3. The molecule has 1 aliphatic rings. The van der Waals surface area contributed by atoms with Crippen molar-refractivity contribution < 1.29 is 35.8 Å². The zero-order chi connectivity index (χ0) is 18.3. The van der Waals surface area contributed by atoms with E-state index in [0.717, 1.165) is 5.92 Å². The predicted molar refractivity (Wildman–Crippen MR) is 85.6 cm³/mol. The summed E-state index contributed by atoms with van der Waals surface area (Å²) in [6.45, 7) is 14.2.